The number of benzene rings is 1. The second-order valence-corrected chi connectivity index (χ2v) is 7.19. The van der Waals surface area contributed by atoms with E-state index in [1.165, 1.54) is 11.1 Å². The van der Waals surface area contributed by atoms with Gasteiger partial charge in [0.05, 0.1) is 0 Å². The molecule has 0 saturated carbocycles. The predicted octanol–water partition coefficient (Wildman–Crippen LogP) is 2.88. The van der Waals surface area contributed by atoms with Crippen molar-refractivity contribution in [3.8, 4) is 0 Å². The van der Waals surface area contributed by atoms with Crippen LogP contribution in [0.1, 0.15) is 51.2 Å². The van der Waals surface area contributed by atoms with E-state index < -0.39 is 17.7 Å². The van der Waals surface area contributed by atoms with Gasteiger partial charge in [-0.2, -0.15) is 0 Å². The second kappa shape index (κ2) is 6.60. The Labute approximate surface area is 137 Å². The number of aryl methyl sites for hydroxylation is 1. The van der Waals surface area contributed by atoms with Crippen molar-refractivity contribution in [3.63, 3.8) is 0 Å². The zero-order valence-corrected chi connectivity index (χ0v) is 14.5. The molecule has 23 heavy (non-hydrogen) atoms. The summed E-state index contributed by atoms with van der Waals surface area (Å²) in [6, 6.07) is 7.60. The van der Waals surface area contributed by atoms with Crippen LogP contribution < -0.4 is 10.6 Å². The number of rotatable bonds is 2. The first-order valence-corrected chi connectivity index (χ1v) is 8.03. The Kier molecular flexibility index (Phi) is 4.97. The highest BCUT2D eigenvalue weighted by molar-refractivity contribution is 5.87. The molecule has 1 aromatic carbocycles. The number of carbonyl (C=O) groups is 2. The molecule has 1 aromatic rings. The Morgan fingerprint density at radius 2 is 1.96 bits per heavy atom. The minimum Gasteiger partial charge on any atom is -0.444 e. The van der Waals surface area contributed by atoms with Gasteiger partial charge >= 0.3 is 6.09 Å². The van der Waals surface area contributed by atoms with Crippen molar-refractivity contribution in [1.29, 1.82) is 0 Å². The highest BCUT2D eigenvalue weighted by atomic mass is 16.6. The fraction of sp³-hybridized carbons (Fsp3) is 0.556. The van der Waals surface area contributed by atoms with Crippen LogP contribution in [-0.2, 0) is 9.53 Å². The van der Waals surface area contributed by atoms with Gasteiger partial charge in [0.2, 0.25) is 5.91 Å². The van der Waals surface area contributed by atoms with Crippen molar-refractivity contribution in [3.05, 3.63) is 35.4 Å². The molecule has 0 aliphatic carbocycles. The maximum Gasteiger partial charge on any atom is 0.408 e. The predicted molar refractivity (Wildman–Crippen MR) is 89.3 cm³/mol. The summed E-state index contributed by atoms with van der Waals surface area (Å²) >= 11 is 0. The van der Waals surface area contributed by atoms with Gasteiger partial charge in [-0.05, 0) is 52.2 Å². The minimum absolute atomic E-state index is 0.0280. The van der Waals surface area contributed by atoms with Crippen LogP contribution in [0.4, 0.5) is 4.79 Å². The van der Waals surface area contributed by atoms with Gasteiger partial charge in [0.25, 0.3) is 0 Å². The highest BCUT2D eigenvalue weighted by Crippen LogP contribution is 2.30. The van der Waals surface area contributed by atoms with E-state index in [9.17, 15) is 9.59 Å². The lowest BCUT2D eigenvalue weighted by molar-refractivity contribution is -0.126. The standard InChI is InChI=1S/C18H26N2O3/c1-11-8-6-7-9-13(11)14-10-15(16(21)19-12(14)2)20-17(22)23-18(3,4)5/h6-9,12,14-15H,10H2,1-5H3,(H,19,21)(H,20,22). The fourth-order valence-corrected chi connectivity index (χ4v) is 2.96. The maximum atomic E-state index is 12.2. The molecule has 0 radical (unpaired) electrons. The lowest BCUT2D eigenvalue weighted by Gasteiger charge is -2.36. The number of nitrogens with one attached hydrogen (secondary N) is 2. The van der Waals surface area contributed by atoms with Gasteiger partial charge in [0.1, 0.15) is 11.6 Å². The van der Waals surface area contributed by atoms with E-state index >= 15 is 0 Å². The van der Waals surface area contributed by atoms with Crippen LogP contribution in [0, 0.1) is 6.92 Å². The van der Waals surface area contributed by atoms with Crippen molar-refractivity contribution in [2.45, 2.75) is 64.6 Å². The van der Waals surface area contributed by atoms with Crippen molar-refractivity contribution in [2.75, 3.05) is 0 Å². The molecule has 126 valence electrons. The SMILES string of the molecule is Cc1ccccc1C1CC(NC(=O)OC(C)(C)C)C(=O)NC1C. The van der Waals surface area contributed by atoms with Crippen LogP contribution in [0.25, 0.3) is 0 Å². The lowest BCUT2D eigenvalue weighted by Crippen LogP contribution is -2.56. The Hall–Kier alpha value is -2.04. The molecule has 1 aliphatic rings. The third-order valence-corrected chi connectivity index (χ3v) is 4.06. The number of carbonyl (C=O) groups excluding carboxylic acids is 2. The van der Waals surface area contributed by atoms with E-state index in [4.69, 9.17) is 4.74 Å². The quantitative estimate of drug-likeness (QED) is 0.881. The third-order valence-electron chi connectivity index (χ3n) is 4.06. The van der Waals surface area contributed by atoms with Crippen LogP contribution in [0.2, 0.25) is 0 Å². The third kappa shape index (κ3) is 4.47. The van der Waals surface area contributed by atoms with Gasteiger partial charge in [0.15, 0.2) is 0 Å². The van der Waals surface area contributed by atoms with Gasteiger partial charge in [-0.25, -0.2) is 4.79 Å². The normalized spacial score (nSPS) is 24.7. The van der Waals surface area contributed by atoms with Gasteiger partial charge in [-0.3, -0.25) is 4.79 Å². The smallest absolute Gasteiger partial charge is 0.408 e. The molecular weight excluding hydrogens is 292 g/mol. The molecule has 1 saturated heterocycles. The number of alkyl carbamates (subject to hydrolysis) is 1. The zero-order valence-electron chi connectivity index (χ0n) is 14.5. The Bertz CT molecular complexity index is 592. The van der Waals surface area contributed by atoms with E-state index in [1.807, 2.05) is 19.1 Å². The van der Waals surface area contributed by atoms with Crippen LogP contribution in [0.5, 0.6) is 0 Å². The number of hydrogen-bond acceptors (Lipinski definition) is 3. The molecule has 1 aliphatic heterocycles. The molecular formula is C18H26N2O3. The maximum absolute atomic E-state index is 12.2. The molecule has 0 aromatic heterocycles. The van der Waals surface area contributed by atoms with Crippen LogP contribution in [-0.4, -0.2) is 29.7 Å². The van der Waals surface area contributed by atoms with Crippen LogP contribution in [0.3, 0.4) is 0 Å². The van der Waals surface area contributed by atoms with E-state index in [2.05, 4.69) is 29.7 Å². The summed E-state index contributed by atoms with van der Waals surface area (Å²) in [5, 5.41) is 5.66. The number of ether oxygens (including phenoxy) is 1. The van der Waals surface area contributed by atoms with E-state index in [1.54, 1.807) is 20.8 Å². The fourth-order valence-electron chi connectivity index (χ4n) is 2.96. The zero-order chi connectivity index (χ0) is 17.2. The molecule has 2 N–H and O–H groups in total. The van der Waals surface area contributed by atoms with Crippen LogP contribution >= 0.6 is 0 Å². The Balaban J connectivity index is 2.11. The molecule has 2 rings (SSSR count). The highest BCUT2D eigenvalue weighted by Gasteiger charge is 2.36. The van der Waals surface area contributed by atoms with Gasteiger partial charge in [0, 0.05) is 12.0 Å². The summed E-state index contributed by atoms with van der Waals surface area (Å²) in [7, 11) is 0. The molecule has 0 bridgehead atoms. The number of amides is 2. The Morgan fingerprint density at radius 1 is 1.30 bits per heavy atom. The average molecular weight is 318 g/mol. The summed E-state index contributed by atoms with van der Waals surface area (Å²) in [6.07, 6.45) is 0.00706. The summed E-state index contributed by atoms with van der Waals surface area (Å²) < 4.78 is 5.25. The molecule has 1 heterocycles. The molecule has 0 spiro atoms. The first-order chi connectivity index (χ1) is 10.7. The van der Waals surface area contributed by atoms with Gasteiger partial charge < -0.3 is 15.4 Å². The van der Waals surface area contributed by atoms with Crippen molar-refractivity contribution < 1.29 is 14.3 Å². The van der Waals surface area contributed by atoms with Crippen molar-refractivity contribution in [2.24, 2.45) is 0 Å². The molecule has 2 amide bonds. The number of hydrogen-bond donors (Lipinski definition) is 2. The van der Waals surface area contributed by atoms with Crippen LogP contribution in [0.15, 0.2) is 24.3 Å². The van der Waals surface area contributed by atoms with E-state index in [0.717, 1.165) is 0 Å². The Morgan fingerprint density at radius 3 is 2.57 bits per heavy atom. The van der Waals surface area contributed by atoms with Gasteiger partial charge in [-0.1, -0.05) is 24.3 Å². The minimum atomic E-state index is -0.585. The first kappa shape index (κ1) is 17.3. The summed E-state index contributed by atoms with van der Waals surface area (Å²) in [5.74, 6) is 0.00188. The molecule has 5 heteroatoms. The van der Waals surface area contributed by atoms with Crippen molar-refractivity contribution in [1.82, 2.24) is 10.6 Å². The first-order valence-electron chi connectivity index (χ1n) is 8.03. The van der Waals surface area contributed by atoms with E-state index in [-0.39, 0.29) is 17.9 Å². The molecule has 3 atom stereocenters. The molecule has 5 nitrogen and oxygen atoms in total. The monoisotopic (exact) mass is 318 g/mol. The van der Waals surface area contributed by atoms with Gasteiger partial charge in [-0.15, -0.1) is 0 Å². The van der Waals surface area contributed by atoms with E-state index in [0.29, 0.717) is 6.42 Å². The van der Waals surface area contributed by atoms with Crippen molar-refractivity contribution >= 4 is 12.0 Å². The summed E-state index contributed by atoms with van der Waals surface area (Å²) in [6.45, 7) is 9.46. The lowest BCUT2D eigenvalue weighted by atomic mass is 9.81. The molecule has 1 fully saturated rings. The topological polar surface area (TPSA) is 67.4 Å². The average Bonchev–Trinajstić information content (AvgIpc) is 2.41. The summed E-state index contributed by atoms with van der Waals surface area (Å²) in [4.78, 5) is 24.1. The number of piperidine rings is 1. The summed E-state index contributed by atoms with van der Waals surface area (Å²) in [5.41, 5.74) is 1.81. The largest absolute Gasteiger partial charge is 0.444 e. The molecule has 3 unspecified atom stereocenters. The second-order valence-electron chi connectivity index (χ2n) is 7.19.